The van der Waals surface area contributed by atoms with Crippen LogP contribution in [-0.2, 0) is 4.74 Å². The lowest BCUT2D eigenvalue weighted by molar-refractivity contribution is -0.274. The minimum atomic E-state index is -4.76. The van der Waals surface area contributed by atoms with Crippen molar-refractivity contribution in [3.8, 4) is 5.75 Å². The molecule has 7 nitrogen and oxygen atoms in total. The van der Waals surface area contributed by atoms with Crippen molar-refractivity contribution in [2.75, 3.05) is 31.5 Å². The summed E-state index contributed by atoms with van der Waals surface area (Å²) in [4.78, 5) is 27.8. The highest BCUT2D eigenvalue weighted by atomic mass is 19.4. The summed E-state index contributed by atoms with van der Waals surface area (Å²) in [6.45, 7) is 7.55. The second-order valence-corrected chi connectivity index (χ2v) is 8.51. The van der Waals surface area contributed by atoms with Crippen molar-refractivity contribution >= 4 is 17.8 Å². The van der Waals surface area contributed by atoms with Crippen LogP contribution in [-0.4, -0.2) is 60.1 Å². The van der Waals surface area contributed by atoms with Gasteiger partial charge in [-0.1, -0.05) is 0 Å². The average Bonchev–Trinajstić information content (AvgIpc) is 2.98. The molecule has 3 rings (SSSR count). The van der Waals surface area contributed by atoms with Gasteiger partial charge in [0.1, 0.15) is 11.4 Å². The van der Waals surface area contributed by atoms with Crippen molar-refractivity contribution in [2.24, 2.45) is 5.41 Å². The lowest BCUT2D eigenvalue weighted by atomic mass is 9.79. The number of benzene rings is 1. The third kappa shape index (κ3) is 5.45. The van der Waals surface area contributed by atoms with Crippen LogP contribution in [0.1, 0.15) is 27.2 Å². The van der Waals surface area contributed by atoms with Gasteiger partial charge in [0.25, 0.3) is 0 Å². The fraction of sp³-hybridized carbons (Fsp3) is 0.579. The first kappa shape index (κ1) is 21.1. The quantitative estimate of drug-likeness (QED) is 0.791. The van der Waals surface area contributed by atoms with Crippen LogP contribution in [0.5, 0.6) is 5.75 Å². The molecular formula is C19H24F3N3O4. The zero-order chi connectivity index (χ0) is 21.4. The summed E-state index contributed by atoms with van der Waals surface area (Å²) in [5, 5.41) is 2.67. The van der Waals surface area contributed by atoms with E-state index in [1.54, 1.807) is 9.80 Å². The van der Waals surface area contributed by atoms with Crippen LogP contribution in [0.15, 0.2) is 24.3 Å². The van der Waals surface area contributed by atoms with Gasteiger partial charge in [-0.15, -0.1) is 13.2 Å². The van der Waals surface area contributed by atoms with Gasteiger partial charge in [-0.2, -0.15) is 0 Å². The molecule has 0 atom stereocenters. The summed E-state index contributed by atoms with van der Waals surface area (Å²) < 4.78 is 45.7. The number of hydrogen-bond donors (Lipinski definition) is 1. The highest BCUT2D eigenvalue weighted by Crippen LogP contribution is 2.40. The van der Waals surface area contributed by atoms with Crippen LogP contribution in [0, 0.1) is 5.41 Å². The monoisotopic (exact) mass is 415 g/mol. The predicted octanol–water partition coefficient (Wildman–Crippen LogP) is 4.06. The van der Waals surface area contributed by atoms with Crippen molar-refractivity contribution in [1.29, 1.82) is 0 Å². The van der Waals surface area contributed by atoms with Gasteiger partial charge in [-0.25, -0.2) is 9.59 Å². The summed E-state index contributed by atoms with van der Waals surface area (Å²) in [6, 6.07) is 4.64. The molecule has 3 amide bonds. The molecule has 2 saturated heterocycles. The minimum absolute atomic E-state index is 0.126. The molecule has 1 aromatic carbocycles. The number of carbonyl (C=O) groups excluding carboxylic acids is 2. The van der Waals surface area contributed by atoms with Gasteiger partial charge in [0, 0.05) is 37.3 Å². The van der Waals surface area contributed by atoms with E-state index >= 15 is 0 Å². The lowest BCUT2D eigenvalue weighted by Gasteiger charge is -2.47. The normalized spacial score (nSPS) is 18.4. The Morgan fingerprint density at radius 1 is 1.03 bits per heavy atom. The smallest absolute Gasteiger partial charge is 0.444 e. The van der Waals surface area contributed by atoms with Crippen molar-refractivity contribution in [1.82, 2.24) is 9.80 Å². The topological polar surface area (TPSA) is 71.1 Å². The van der Waals surface area contributed by atoms with E-state index in [1.165, 1.54) is 12.1 Å². The van der Waals surface area contributed by atoms with Crippen molar-refractivity contribution in [3.05, 3.63) is 24.3 Å². The summed E-state index contributed by atoms with van der Waals surface area (Å²) in [5.74, 6) is -0.354. The third-order valence-electron chi connectivity index (χ3n) is 4.77. The second kappa shape index (κ2) is 7.31. The average molecular weight is 415 g/mol. The van der Waals surface area contributed by atoms with Crippen LogP contribution >= 0.6 is 0 Å². The number of urea groups is 1. The standard InChI is InChI=1S/C19H24F3N3O4/c1-17(2,3)29-16(27)25-11-18(12-25)8-9-24(10-18)15(26)23-13-4-6-14(7-5-13)28-19(20,21)22/h4-7H,8-12H2,1-3H3,(H,23,26). The fourth-order valence-electron chi connectivity index (χ4n) is 3.53. The Labute approximate surface area is 166 Å². The van der Waals surface area contributed by atoms with E-state index in [9.17, 15) is 22.8 Å². The van der Waals surface area contributed by atoms with Crippen molar-refractivity contribution in [2.45, 2.75) is 39.2 Å². The highest BCUT2D eigenvalue weighted by Gasteiger charge is 2.51. The van der Waals surface area contributed by atoms with Crippen LogP contribution in [0.2, 0.25) is 0 Å². The van der Waals surface area contributed by atoms with Gasteiger partial charge in [0.2, 0.25) is 0 Å². The molecule has 2 fully saturated rings. The van der Waals surface area contributed by atoms with E-state index in [1.807, 2.05) is 20.8 Å². The van der Waals surface area contributed by atoms with E-state index in [-0.39, 0.29) is 23.3 Å². The maximum absolute atomic E-state index is 12.5. The summed E-state index contributed by atoms with van der Waals surface area (Å²) in [7, 11) is 0. The van der Waals surface area contributed by atoms with Gasteiger partial charge >= 0.3 is 18.5 Å². The van der Waals surface area contributed by atoms with E-state index in [2.05, 4.69) is 10.1 Å². The molecular weight excluding hydrogens is 391 g/mol. The number of nitrogens with zero attached hydrogens (tertiary/aromatic N) is 2. The molecule has 0 unspecified atom stereocenters. The number of ether oxygens (including phenoxy) is 2. The Bertz CT molecular complexity index is 768. The SMILES string of the molecule is CC(C)(C)OC(=O)N1CC2(CCN(C(=O)Nc3ccc(OC(F)(F)F)cc3)C2)C1. The molecule has 0 saturated carbocycles. The molecule has 0 bridgehead atoms. The van der Waals surface area contributed by atoms with Gasteiger partial charge < -0.3 is 24.6 Å². The number of anilines is 1. The van der Waals surface area contributed by atoms with E-state index in [0.717, 1.165) is 18.6 Å². The molecule has 1 spiro atoms. The second-order valence-electron chi connectivity index (χ2n) is 8.51. The molecule has 0 aromatic heterocycles. The number of alkyl halides is 3. The maximum atomic E-state index is 12.5. The first-order valence-electron chi connectivity index (χ1n) is 9.24. The fourth-order valence-corrected chi connectivity index (χ4v) is 3.53. The van der Waals surface area contributed by atoms with Crippen molar-refractivity contribution < 1.29 is 32.2 Å². The van der Waals surface area contributed by atoms with Gasteiger partial charge in [-0.3, -0.25) is 0 Å². The van der Waals surface area contributed by atoms with Gasteiger partial charge in [0.15, 0.2) is 0 Å². The highest BCUT2D eigenvalue weighted by molar-refractivity contribution is 5.89. The predicted molar refractivity (Wildman–Crippen MR) is 98.6 cm³/mol. The minimum Gasteiger partial charge on any atom is -0.444 e. The zero-order valence-electron chi connectivity index (χ0n) is 16.5. The number of rotatable bonds is 2. The molecule has 1 N–H and O–H groups in total. The van der Waals surface area contributed by atoms with Crippen molar-refractivity contribution in [3.63, 3.8) is 0 Å². The Morgan fingerprint density at radius 3 is 2.17 bits per heavy atom. The number of halogens is 3. The first-order chi connectivity index (χ1) is 13.3. The molecule has 2 aliphatic heterocycles. The number of carbonyl (C=O) groups is 2. The molecule has 0 aliphatic carbocycles. The molecule has 0 radical (unpaired) electrons. The number of hydrogen-bond acceptors (Lipinski definition) is 4. The van der Waals surface area contributed by atoms with Crippen LogP contribution in [0.4, 0.5) is 28.4 Å². The summed E-state index contributed by atoms with van der Waals surface area (Å²) in [5.41, 5.74) is -0.310. The van der Waals surface area contributed by atoms with E-state index < -0.39 is 12.0 Å². The lowest BCUT2D eigenvalue weighted by Crippen LogP contribution is -2.60. The molecule has 2 heterocycles. The number of amides is 3. The summed E-state index contributed by atoms with van der Waals surface area (Å²) in [6.07, 6.45) is -4.34. The van der Waals surface area contributed by atoms with Crippen LogP contribution < -0.4 is 10.1 Å². The van der Waals surface area contributed by atoms with E-state index in [4.69, 9.17) is 4.74 Å². The Hall–Kier alpha value is -2.65. The maximum Gasteiger partial charge on any atom is 0.573 e. The van der Waals surface area contributed by atoms with E-state index in [0.29, 0.717) is 31.9 Å². The zero-order valence-corrected chi connectivity index (χ0v) is 16.5. The Morgan fingerprint density at radius 2 is 1.62 bits per heavy atom. The van der Waals surface area contributed by atoms with Crippen LogP contribution in [0.25, 0.3) is 0 Å². The molecule has 10 heteroatoms. The Kier molecular flexibility index (Phi) is 5.31. The van der Waals surface area contributed by atoms with Gasteiger partial charge in [-0.05, 0) is 51.5 Å². The summed E-state index contributed by atoms with van der Waals surface area (Å²) >= 11 is 0. The molecule has 29 heavy (non-hydrogen) atoms. The largest absolute Gasteiger partial charge is 0.573 e. The molecule has 160 valence electrons. The van der Waals surface area contributed by atoms with Gasteiger partial charge in [0.05, 0.1) is 0 Å². The number of likely N-dealkylation sites (tertiary alicyclic amines) is 2. The third-order valence-corrected chi connectivity index (χ3v) is 4.77. The Balaban J connectivity index is 1.48. The first-order valence-corrected chi connectivity index (χ1v) is 9.24. The molecule has 1 aromatic rings. The molecule has 2 aliphatic rings. The number of nitrogens with one attached hydrogen (secondary N) is 1. The van der Waals surface area contributed by atoms with Crippen LogP contribution in [0.3, 0.4) is 0 Å².